The van der Waals surface area contributed by atoms with Crippen molar-refractivity contribution in [3.05, 3.63) is 47.5 Å². The van der Waals surface area contributed by atoms with Crippen LogP contribution < -0.4 is 5.32 Å². The summed E-state index contributed by atoms with van der Waals surface area (Å²) < 4.78 is 0. The Labute approximate surface area is 105 Å². The predicted octanol–water partition coefficient (Wildman–Crippen LogP) is 4.00. The molecule has 0 aliphatic heterocycles. The summed E-state index contributed by atoms with van der Waals surface area (Å²) in [5, 5.41) is 3.66. The maximum absolute atomic E-state index is 3.66. The van der Waals surface area contributed by atoms with Gasteiger partial charge in [0.2, 0.25) is 0 Å². The van der Waals surface area contributed by atoms with Crippen molar-refractivity contribution in [2.75, 3.05) is 6.54 Å². The number of benzene rings is 1. The average Bonchev–Trinajstić information content (AvgIpc) is 2.37. The van der Waals surface area contributed by atoms with E-state index >= 15 is 0 Å². The van der Waals surface area contributed by atoms with Gasteiger partial charge >= 0.3 is 0 Å². The van der Waals surface area contributed by atoms with E-state index in [9.17, 15) is 0 Å². The van der Waals surface area contributed by atoms with Gasteiger partial charge in [0.25, 0.3) is 0 Å². The minimum absolute atomic E-state index is 0.459. The topological polar surface area (TPSA) is 12.0 Å². The molecule has 1 nitrogen and oxygen atoms in total. The van der Waals surface area contributed by atoms with Gasteiger partial charge in [-0.05, 0) is 51.1 Å². The molecule has 0 radical (unpaired) electrons. The number of hydrogen-bond donors (Lipinski definition) is 1. The van der Waals surface area contributed by atoms with Crippen LogP contribution in [-0.4, -0.2) is 6.54 Å². The smallest absolute Gasteiger partial charge is 0.0292 e. The summed E-state index contributed by atoms with van der Waals surface area (Å²) in [5.41, 5.74) is 2.74. The van der Waals surface area contributed by atoms with Crippen LogP contribution in [0, 0.1) is 12.8 Å². The summed E-state index contributed by atoms with van der Waals surface area (Å²) in [5.74, 6) is 0.826. The third-order valence-corrected chi connectivity index (χ3v) is 3.63. The molecule has 0 bridgehead atoms. The molecule has 0 fully saturated rings. The minimum atomic E-state index is 0.459. The van der Waals surface area contributed by atoms with Crippen LogP contribution >= 0.6 is 0 Å². The lowest BCUT2D eigenvalue weighted by molar-refractivity contribution is 0.415. The molecule has 0 aromatic heterocycles. The highest BCUT2D eigenvalue weighted by Gasteiger charge is 2.11. The van der Waals surface area contributed by atoms with E-state index < -0.39 is 0 Å². The fraction of sp³-hybridized carbons (Fsp3) is 0.500. The van der Waals surface area contributed by atoms with Crippen LogP contribution in [0.4, 0.5) is 0 Å². The van der Waals surface area contributed by atoms with Crippen LogP contribution in [0.25, 0.3) is 0 Å². The maximum atomic E-state index is 3.66. The average molecular weight is 229 g/mol. The molecule has 92 valence electrons. The number of hydrogen-bond acceptors (Lipinski definition) is 1. The van der Waals surface area contributed by atoms with Gasteiger partial charge in [0, 0.05) is 6.04 Å². The Morgan fingerprint density at radius 2 is 2.24 bits per heavy atom. The molecular weight excluding hydrogens is 206 g/mol. The van der Waals surface area contributed by atoms with Crippen molar-refractivity contribution in [1.29, 1.82) is 0 Å². The van der Waals surface area contributed by atoms with Crippen LogP contribution in [0.5, 0.6) is 0 Å². The molecule has 17 heavy (non-hydrogen) atoms. The van der Waals surface area contributed by atoms with Crippen LogP contribution in [0.1, 0.15) is 43.4 Å². The van der Waals surface area contributed by atoms with Gasteiger partial charge in [0.1, 0.15) is 0 Å². The minimum Gasteiger partial charge on any atom is -0.310 e. The molecule has 1 aliphatic rings. The van der Waals surface area contributed by atoms with E-state index in [1.807, 2.05) is 0 Å². The van der Waals surface area contributed by atoms with Crippen molar-refractivity contribution in [2.45, 2.75) is 39.2 Å². The summed E-state index contributed by atoms with van der Waals surface area (Å²) in [7, 11) is 0. The highest BCUT2D eigenvalue weighted by atomic mass is 14.9. The van der Waals surface area contributed by atoms with Crippen LogP contribution in [0.3, 0.4) is 0 Å². The quantitative estimate of drug-likeness (QED) is 0.769. The molecule has 0 saturated heterocycles. The first kappa shape index (κ1) is 12.4. The van der Waals surface area contributed by atoms with Crippen LogP contribution in [0.15, 0.2) is 36.4 Å². The van der Waals surface area contributed by atoms with Gasteiger partial charge in [0.05, 0.1) is 0 Å². The molecular formula is C16H23N. The highest BCUT2D eigenvalue weighted by molar-refractivity contribution is 5.24. The Hall–Kier alpha value is -1.08. The summed E-state index contributed by atoms with van der Waals surface area (Å²) in [4.78, 5) is 0. The molecule has 0 spiro atoms. The molecule has 1 aromatic rings. The molecule has 1 aliphatic carbocycles. The Morgan fingerprint density at radius 1 is 1.35 bits per heavy atom. The first-order valence-corrected chi connectivity index (χ1v) is 6.70. The summed E-state index contributed by atoms with van der Waals surface area (Å²) in [6.45, 7) is 5.55. The second-order valence-corrected chi connectivity index (χ2v) is 5.19. The van der Waals surface area contributed by atoms with E-state index in [0.717, 1.165) is 12.5 Å². The zero-order valence-electron chi connectivity index (χ0n) is 10.9. The zero-order valence-corrected chi connectivity index (χ0v) is 10.9. The van der Waals surface area contributed by atoms with E-state index in [2.05, 4.69) is 55.6 Å². The van der Waals surface area contributed by atoms with Crippen molar-refractivity contribution in [3.63, 3.8) is 0 Å². The Kier molecular flexibility index (Phi) is 4.38. The molecule has 1 aromatic carbocycles. The number of rotatable bonds is 4. The fourth-order valence-electron chi connectivity index (χ4n) is 2.44. The number of aryl methyl sites for hydroxylation is 1. The molecule has 1 unspecified atom stereocenters. The second kappa shape index (κ2) is 6.02. The molecule has 2 rings (SSSR count). The third-order valence-electron chi connectivity index (χ3n) is 3.63. The lowest BCUT2D eigenvalue weighted by Gasteiger charge is -2.21. The SMILES string of the molecule is Cc1cccc([C@H](C)NCC2CC=CCC2)c1. The molecule has 1 heteroatoms. The Morgan fingerprint density at radius 3 is 2.94 bits per heavy atom. The number of allylic oxidation sites excluding steroid dienone is 2. The highest BCUT2D eigenvalue weighted by Crippen LogP contribution is 2.19. The summed E-state index contributed by atoms with van der Waals surface area (Å²) in [6.07, 6.45) is 8.47. The van der Waals surface area contributed by atoms with Gasteiger partial charge in [-0.1, -0.05) is 42.0 Å². The van der Waals surface area contributed by atoms with E-state index in [-0.39, 0.29) is 0 Å². The molecule has 0 saturated carbocycles. The van der Waals surface area contributed by atoms with Gasteiger partial charge < -0.3 is 5.32 Å². The van der Waals surface area contributed by atoms with Gasteiger partial charge in [0.15, 0.2) is 0 Å². The largest absolute Gasteiger partial charge is 0.310 e. The van der Waals surface area contributed by atoms with Crippen LogP contribution in [-0.2, 0) is 0 Å². The van der Waals surface area contributed by atoms with Gasteiger partial charge in [-0.15, -0.1) is 0 Å². The fourth-order valence-corrected chi connectivity index (χ4v) is 2.44. The van der Waals surface area contributed by atoms with E-state index in [1.165, 1.54) is 30.4 Å². The zero-order chi connectivity index (χ0) is 12.1. The van der Waals surface area contributed by atoms with E-state index in [4.69, 9.17) is 0 Å². The Balaban J connectivity index is 1.84. The van der Waals surface area contributed by atoms with Crippen molar-refractivity contribution in [2.24, 2.45) is 5.92 Å². The van der Waals surface area contributed by atoms with Crippen molar-refractivity contribution in [3.8, 4) is 0 Å². The Bertz CT molecular complexity index is 381. The van der Waals surface area contributed by atoms with Crippen molar-refractivity contribution in [1.82, 2.24) is 5.32 Å². The van der Waals surface area contributed by atoms with Gasteiger partial charge in [-0.25, -0.2) is 0 Å². The number of nitrogens with one attached hydrogen (secondary N) is 1. The molecule has 1 N–H and O–H groups in total. The van der Waals surface area contributed by atoms with E-state index in [1.54, 1.807) is 0 Å². The van der Waals surface area contributed by atoms with Gasteiger partial charge in [-0.3, -0.25) is 0 Å². The lowest BCUT2D eigenvalue weighted by atomic mass is 9.94. The normalized spacial score (nSPS) is 21.4. The van der Waals surface area contributed by atoms with E-state index in [0.29, 0.717) is 6.04 Å². The van der Waals surface area contributed by atoms with Crippen molar-refractivity contribution < 1.29 is 0 Å². The third kappa shape index (κ3) is 3.71. The summed E-state index contributed by atoms with van der Waals surface area (Å²) >= 11 is 0. The lowest BCUT2D eigenvalue weighted by Crippen LogP contribution is -2.26. The first-order chi connectivity index (χ1) is 8.25. The maximum Gasteiger partial charge on any atom is 0.0292 e. The summed E-state index contributed by atoms with van der Waals surface area (Å²) in [6, 6.07) is 9.25. The van der Waals surface area contributed by atoms with Crippen molar-refractivity contribution >= 4 is 0 Å². The first-order valence-electron chi connectivity index (χ1n) is 6.70. The van der Waals surface area contributed by atoms with Crippen LogP contribution in [0.2, 0.25) is 0 Å². The predicted molar refractivity (Wildman–Crippen MR) is 74.1 cm³/mol. The molecule has 0 heterocycles. The second-order valence-electron chi connectivity index (χ2n) is 5.19. The molecule has 0 amide bonds. The molecule has 2 atom stereocenters. The standard InChI is InChI=1S/C16H23N/c1-13-7-6-10-16(11-13)14(2)17-12-15-8-4-3-5-9-15/h3-4,6-7,10-11,14-15,17H,5,8-9,12H2,1-2H3/t14-,15?/m0/s1. The monoisotopic (exact) mass is 229 g/mol. The van der Waals surface area contributed by atoms with Gasteiger partial charge in [-0.2, -0.15) is 0 Å².